The van der Waals surface area contributed by atoms with Crippen LogP contribution < -0.4 is 5.32 Å². The summed E-state index contributed by atoms with van der Waals surface area (Å²) in [5.74, 6) is 0.231. The molecule has 0 bridgehead atoms. The van der Waals surface area contributed by atoms with Gasteiger partial charge in [-0.1, -0.05) is 0 Å². The number of nitrogens with zero attached hydrogens (tertiary/aromatic N) is 1. The molecule has 1 amide bonds. The lowest BCUT2D eigenvalue weighted by Gasteiger charge is -2.03. The number of hydrogen-bond donors (Lipinski definition) is 1. The van der Waals surface area contributed by atoms with E-state index in [9.17, 15) is 14.9 Å². The number of amides is 1. The third-order valence-electron chi connectivity index (χ3n) is 2.60. The van der Waals surface area contributed by atoms with Gasteiger partial charge in [-0.25, -0.2) is 0 Å². The van der Waals surface area contributed by atoms with Crippen LogP contribution in [0.1, 0.15) is 11.3 Å². The first-order valence-electron chi connectivity index (χ1n) is 5.84. The van der Waals surface area contributed by atoms with Crippen LogP contribution in [0.15, 0.2) is 47.1 Å². The van der Waals surface area contributed by atoms with E-state index in [4.69, 9.17) is 4.42 Å². The lowest BCUT2D eigenvalue weighted by Crippen LogP contribution is -2.08. The van der Waals surface area contributed by atoms with Gasteiger partial charge in [-0.3, -0.25) is 14.9 Å². The second-order valence-corrected chi connectivity index (χ2v) is 4.10. The van der Waals surface area contributed by atoms with Gasteiger partial charge in [0.25, 0.3) is 5.69 Å². The van der Waals surface area contributed by atoms with Gasteiger partial charge in [0.2, 0.25) is 5.91 Å². The highest BCUT2D eigenvalue weighted by molar-refractivity contribution is 6.01. The number of furan rings is 1. The van der Waals surface area contributed by atoms with Gasteiger partial charge in [-0.05, 0) is 37.3 Å². The van der Waals surface area contributed by atoms with Gasteiger partial charge >= 0.3 is 0 Å². The average molecular weight is 272 g/mol. The maximum Gasteiger partial charge on any atom is 0.272 e. The highest BCUT2D eigenvalue weighted by Gasteiger charge is 2.10. The van der Waals surface area contributed by atoms with Crippen molar-refractivity contribution in [3.63, 3.8) is 0 Å². The zero-order valence-electron chi connectivity index (χ0n) is 10.7. The van der Waals surface area contributed by atoms with Crippen molar-refractivity contribution in [2.45, 2.75) is 6.92 Å². The Labute approximate surface area is 114 Å². The number of carbonyl (C=O) groups excluding carboxylic acids is 1. The molecular formula is C14H12N2O4. The third-order valence-corrected chi connectivity index (χ3v) is 2.60. The summed E-state index contributed by atoms with van der Waals surface area (Å²) in [5, 5.41) is 13.3. The fourth-order valence-electron chi connectivity index (χ4n) is 1.67. The predicted molar refractivity (Wildman–Crippen MR) is 74.2 cm³/mol. The van der Waals surface area contributed by atoms with E-state index >= 15 is 0 Å². The number of anilines is 1. The van der Waals surface area contributed by atoms with Crippen molar-refractivity contribution in [2.75, 3.05) is 5.32 Å². The Bertz CT molecular complexity index is 660. The van der Waals surface area contributed by atoms with Crippen molar-refractivity contribution >= 4 is 23.4 Å². The minimum atomic E-state index is -0.461. The van der Waals surface area contributed by atoms with Crippen LogP contribution in [0.5, 0.6) is 0 Å². The van der Waals surface area contributed by atoms with Gasteiger partial charge in [-0.15, -0.1) is 0 Å². The van der Waals surface area contributed by atoms with Crippen LogP contribution in [-0.4, -0.2) is 10.8 Å². The van der Waals surface area contributed by atoms with Gasteiger partial charge in [0.15, 0.2) is 0 Å². The molecule has 1 aromatic heterocycles. The van der Waals surface area contributed by atoms with Crippen molar-refractivity contribution in [3.05, 3.63) is 64.1 Å². The zero-order valence-corrected chi connectivity index (χ0v) is 10.7. The predicted octanol–water partition coefficient (Wildman–Crippen LogP) is 3.15. The van der Waals surface area contributed by atoms with E-state index in [2.05, 4.69) is 5.32 Å². The van der Waals surface area contributed by atoms with Crippen molar-refractivity contribution in [3.8, 4) is 0 Å². The number of nitro groups is 1. The van der Waals surface area contributed by atoms with Crippen molar-refractivity contribution < 1.29 is 14.1 Å². The topological polar surface area (TPSA) is 85.4 Å². The minimum absolute atomic E-state index is 0.0223. The summed E-state index contributed by atoms with van der Waals surface area (Å²) in [6.45, 7) is 1.62. The molecule has 0 aliphatic heterocycles. The summed E-state index contributed by atoms with van der Waals surface area (Å²) in [6, 6.07) is 7.85. The lowest BCUT2D eigenvalue weighted by atomic mass is 10.2. The molecule has 6 heteroatoms. The number of nitrogens with one attached hydrogen (secondary N) is 1. The van der Waals surface area contributed by atoms with Crippen molar-refractivity contribution in [1.82, 2.24) is 0 Å². The molecule has 2 aromatic rings. The molecule has 0 radical (unpaired) electrons. The van der Waals surface area contributed by atoms with E-state index < -0.39 is 4.92 Å². The fourth-order valence-corrected chi connectivity index (χ4v) is 1.67. The molecule has 0 saturated heterocycles. The maximum absolute atomic E-state index is 11.7. The van der Waals surface area contributed by atoms with Crippen LogP contribution in [0.25, 0.3) is 6.08 Å². The summed E-state index contributed by atoms with van der Waals surface area (Å²) in [6.07, 6.45) is 4.38. The number of aryl methyl sites for hydroxylation is 1. The van der Waals surface area contributed by atoms with E-state index in [1.807, 2.05) is 0 Å². The van der Waals surface area contributed by atoms with Crippen LogP contribution in [0.4, 0.5) is 11.4 Å². The summed E-state index contributed by atoms with van der Waals surface area (Å²) in [7, 11) is 0. The molecule has 0 spiro atoms. The molecule has 20 heavy (non-hydrogen) atoms. The highest BCUT2D eigenvalue weighted by atomic mass is 16.6. The Morgan fingerprint density at radius 1 is 1.40 bits per heavy atom. The monoisotopic (exact) mass is 272 g/mol. The summed E-state index contributed by atoms with van der Waals surface area (Å²) in [4.78, 5) is 21.9. The maximum atomic E-state index is 11.7. The second-order valence-electron chi connectivity index (χ2n) is 4.10. The van der Waals surface area contributed by atoms with Crippen LogP contribution in [0.3, 0.4) is 0 Å². The molecule has 0 saturated carbocycles. The number of nitro benzene ring substituents is 1. The molecule has 1 aromatic carbocycles. The molecule has 0 unspecified atom stereocenters. The molecule has 2 rings (SSSR count). The van der Waals surface area contributed by atoms with Gasteiger partial charge in [-0.2, -0.15) is 0 Å². The molecular weight excluding hydrogens is 260 g/mol. The molecule has 6 nitrogen and oxygen atoms in total. The van der Waals surface area contributed by atoms with Gasteiger partial charge in [0, 0.05) is 23.4 Å². The van der Waals surface area contributed by atoms with Crippen molar-refractivity contribution in [2.24, 2.45) is 0 Å². The Morgan fingerprint density at radius 2 is 2.20 bits per heavy atom. The first kappa shape index (κ1) is 13.5. The van der Waals surface area contributed by atoms with Crippen molar-refractivity contribution in [1.29, 1.82) is 0 Å². The van der Waals surface area contributed by atoms with E-state index in [-0.39, 0.29) is 11.6 Å². The number of hydrogen-bond acceptors (Lipinski definition) is 4. The van der Waals surface area contributed by atoms with E-state index in [0.29, 0.717) is 17.0 Å². The van der Waals surface area contributed by atoms with Crippen LogP contribution in [-0.2, 0) is 4.79 Å². The largest absolute Gasteiger partial charge is 0.465 e. The van der Waals surface area contributed by atoms with Gasteiger partial charge in [0.1, 0.15) is 5.76 Å². The fraction of sp³-hybridized carbons (Fsp3) is 0.0714. The normalized spacial score (nSPS) is 10.7. The quantitative estimate of drug-likeness (QED) is 0.526. The Balaban J connectivity index is 2.05. The summed E-state index contributed by atoms with van der Waals surface area (Å²) >= 11 is 0. The Hall–Kier alpha value is -2.89. The smallest absolute Gasteiger partial charge is 0.272 e. The Morgan fingerprint density at radius 3 is 2.80 bits per heavy atom. The summed E-state index contributed by atoms with van der Waals surface area (Å²) < 4.78 is 5.05. The molecule has 0 aliphatic carbocycles. The standard InChI is InChI=1S/C14H12N2O4/c1-10-9-11(4-6-13(10)16(18)19)15-14(17)7-5-12-3-2-8-20-12/h2-9H,1H3,(H,15,17)/b7-5+. The molecule has 0 fully saturated rings. The Kier molecular flexibility index (Phi) is 3.95. The lowest BCUT2D eigenvalue weighted by molar-refractivity contribution is -0.385. The minimum Gasteiger partial charge on any atom is -0.465 e. The second kappa shape index (κ2) is 5.83. The van der Waals surface area contributed by atoms with E-state index in [0.717, 1.165) is 0 Å². The SMILES string of the molecule is Cc1cc(NC(=O)/C=C/c2ccco2)ccc1[N+](=O)[O-]. The first-order valence-corrected chi connectivity index (χ1v) is 5.84. The first-order chi connectivity index (χ1) is 9.56. The zero-order chi connectivity index (χ0) is 14.5. The van der Waals surface area contributed by atoms with Crippen LogP contribution in [0.2, 0.25) is 0 Å². The highest BCUT2D eigenvalue weighted by Crippen LogP contribution is 2.21. The third kappa shape index (κ3) is 3.32. The van der Waals surface area contributed by atoms with Crippen LogP contribution in [0, 0.1) is 17.0 Å². The average Bonchev–Trinajstić information content (AvgIpc) is 2.89. The number of rotatable bonds is 4. The molecule has 1 N–H and O–H groups in total. The molecule has 0 aliphatic rings. The van der Waals surface area contributed by atoms with Gasteiger partial charge < -0.3 is 9.73 Å². The molecule has 0 atom stereocenters. The van der Waals surface area contributed by atoms with Gasteiger partial charge in [0.05, 0.1) is 11.2 Å². The van der Waals surface area contributed by atoms with Crippen LogP contribution >= 0.6 is 0 Å². The number of benzene rings is 1. The summed E-state index contributed by atoms with van der Waals surface area (Å²) in [5.41, 5.74) is 1.01. The van der Waals surface area contributed by atoms with E-state index in [1.54, 1.807) is 25.1 Å². The molecule has 102 valence electrons. The number of carbonyl (C=O) groups is 1. The van der Waals surface area contributed by atoms with E-state index in [1.165, 1.54) is 30.5 Å². The molecule has 1 heterocycles.